The summed E-state index contributed by atoms with van der Waals surface area (Å²) in [7, 11) is 0. The molecule has 2 aliphatic heterocycles. The number of hydrogen-bond donors (Lipinski definition) is 1. The molecule has 0 radical (unpaired) electrons. The molecule has 2 aromatic rings. The summed E-state index contributed by atoms with van der Waals surface area (Å²) in [5, 5.41) is 11.0. The van der Waals surface area contributed by atoms with Crippen molar-refractivity contribution >= 4 is 23.2 Å². The van der Waals surface area contributed by atoms with Crippen LogP contribution in [0.25, 0.3) is 0 Å². The Morgan fingerprint density at radius 1 is 1.00 bits per heavy atom. The van der Waals surface area contributed by atoms with Gasteiger partial charge in [0.2, 0.25) is 0 Å². The number of anilines is 3. The minimum atomic E-state index is -4.75. The summed E-state index contributed by atoms with van der Waals surface area (Å²) in [5.41, 5.74) is 1.34. The molecule has 0 bridgehead atoms. The number of alkyl halides is 3. The van der Waals surface area contributed by atoms with Crippen LogP contribution in [0.5, 0.6) is 5.75 Å². The third-order valence-electron chi connectivity index (χ3n) is 5.23. The molecule has 172 valence electrons. The molecule has 0 atom stereocenters. The Morgan fingerprint density at radius 2 is 1.69 bits per heavy atom. The molecule has 0 aliphatic carbocycles. The van der Waals surface area contributed by atoms with Crippen LogP contribution >= 0.6 is 0 Å². The molecular formula is C20H23F3N6O3. The fraction of sp³-hybridized carbons (Fsp3) is 0.450. The summed E-state index contributed by atoms with van der Waals surface area (Å²) in [6.45, 7) is 5.12. The van der Waals surface area contributed by atoms with E-state index in [0.717, 1.165) is 36.7 Å². The Morgan fingerprint density at radius 3 is 2.34 bits per heavy atom. The van der Waals surface area contributed by atoms with Gasteiger partial charge in [0, 0.05) is 51.0 Å². The maximum atomic E-state index is 12.5. The highest BCUT2D eigenvalue weighted by atomic mass is 19.4. The predicted octanol–water partition coefficient (Wildman–Crippen LogP) is 2.57. The largest absolute Gasteiger partial charge is 0.573 e. The lowest BCUT2D eigenvalue weighted by Crippen LogP contribution is -2.50. The number of nitrogens with one attached hydrogen (secondary N) is 1. The zero-order chi connectivity index (χ0) is 22.6. The minimum Gasteiger partial charge on any atom is -0.406 e. The summed E-state index contributed by atoms with van der Waals surface area (Å²) in [4.78, 5) is 18.5. The third kappa shape index (κ3) is 5.69. The summed E-state index contributed by atoms with van der Waals surface area (Å²) in [5.74, 6) is 0.468. The number of piperazine rings is 1. The van der Waals surface area contributed by atoms with Gasteiger partial charge in [-0.2, -0.15) is 5.10 Å². The summed E-state index contributed by atoms with van der Waals surface area (Å²) >= 11 is 0. The number of hydrogen-bond acceptors (Lipinski definition) is 7. The first-order valence-electron chi connectivity index (χ1n) is 10.2. The number of aromatic nitrogens is 2. The normalized spacial score (nSPS) is 17.3. The molecule has 0 saturated carbocycles. The van der Waals surface area contributed by atoms with Gasteiger partial charge >= 0.3 is 12.4 Å². The second-order valence-corrected chi connectivity index (χ2v) is 7.35. The Labute approximate surface area is 182 Å². The highest BCUT2D eigenvalue weighted by Crippen LogP contribution is 2.24. The zero-order valence-corrected chi connectivity index (χ0v) is 17.2. The number of rotatable bonds is 4. The van der Waals surface area contributed by atoms with Crippen LogP contribution in [0.1, 0.15) is 0 Å². The van der Waals surface area contributed by atoms with Gasteiger partial charge in [-0.3, -0.25) is 0 Å². The number of carbonyl (C=O) groups excluding carboxylic acids is 1. The van der Waals surface area contributed by atoms with Crippen molar-refractivity contribution in [3.8, 4) is 5.75 Å². The van der Waals surface area contributed by atoms with Crippen LogP contribution in [0, 0.1) is 0 Å². The molecule has 4 rings (SSSR count). The first-order valence-corrected chi connectivity index (χ1v) is 10.2. The van der Waals surface area contributed by atoms with Crippen molar-refractivity contribution in [2.75, 3.05) is 67.6 Å². The Hall–Kier alpha value is -3.28. The topological polar surface area (TPSA) is 83.1 Å². The molecule has 12 heteroatoms. The highest BCUT2D eigenvalue weighted by molar-refractivity contribution is 5.89. The molecule has 3 heterocycles. The Kier molecular flexibility index (Phi) is 6.49. The van der Waals surface area contributed by atoms with Gasteiger partial charge in [0.25, 0.3) is 0 Å². The van der Waals surface area contributed by atoms with E-state index in [4.69, 9.17) is 4.74 Å². The lowest BCUT2D eigenvalue weighted by molar-refractivity contribution is -0.274. The van der Waals surface area contributed by atoms with E-state index >= 15 is 0 Å². The van der Waals surface area contributed by atoms with Crippen LogP contribution in [0.3, 0.4) is 0 Å². The predicted molar refractivity (Wildman–Crippen MR) is 111 cm³/mol. The molecule has 1 aromatic heterocycles. The van der Waals surface area contributed by atoms with Crippen molar-refractivity contribution in [1.29, 1.82) is 0 Å². The lowest BCUT2D eigenvalue weighted by atomic mass is 10.2. The number of morpholine rings is 1. The molecule has 0 unspecified atom stereocenters. The maximum absolute atomic E-state index is 12.5. The van der Waals surface area contributed by atoms with E-state index in [-0.39, 0.29) is 11.8 Å². The van der Waals surface area contributed by atoms with Gasteiger partial charge in [-0.25, -0.2) is 4.79 Å². The van der Waals surface area contributed by atoms with Crippen LogP contribution < -0.4 is 19.9 Å². The van der Waals surface area contributed by atoms with Crippen LogP contribution in [-0.4, -0.2) is 80.0 Å². The van der Waals surface area contributed by atoms with E-state index in [1.54, 1.807) is 11.1 Å². The average Bonchev–Trinajstić information content (AvgIpc) is 2.80. The quantitative estimate of drug-likeness (QED) is 0.764. The molecular weight excluding hydrogens is 429 g/mol. The number of nitrogens with zero attached hydrogens (tertiary/aromatic N) is 5. The Balaban J connectivity index is 1.29. The van der Waals surface area contributed by atoms with Crippen molar-refractivity contribution in [3.63, 3.8) is 0 Å². The molecule has 2 amide bonds. The van der Waals surface area contributed by atoms with Gasteiger partial charge in [-0.05, 0) is 24.3 Å². The second-order valence-electron chi connectivity index (χ2n) is 7.35. The number of halogens is 3. The van der Waals surface area contributed by atoms with Crippen molar-refractivity contribution in [1.82, 2.24) is 15.1 Å². The van der Waals surface area contributed by atoms with Crippen LogP contribution in [0.2, 0.25) is 0 Å². The number of amides is 2. The smallest absolute Gasteiger partial charge is 0.406 e. The number of ether oxygens (including phenoxy) is 2. The van der Waals surface area contributed by atoms with Gasteiger partial charge in [-0.1, -0.05) is 0 Å². The molecule has 1 N–H and O–H groups in total. The molecule has 2 fully saturated rings. The summed E-state index contributed by atoms with van der Waals surface area (Å²) in [6, 6.07) is 6.73. The lowest BCUT2D eigenvalue weighted by Gasteiger charge is -2.36. The summed E-state index contributed by atoms with van der Waals surface area (Å²) < 4.78 is 46.0. The first kappa shape index (κ1) is 21.9. The van der Waals surface area contributed by atoms with Crippen molar-refractivity contribution < 1.29 is 27.4 Å². The van der Waals surface area contributed by atoms with E-state index in [9.17, 15) is 18.0 Å². The number of urea groups is 1. The van der Waals surface area contributed by atoms with E-state index in [1.165, 1.54) is 12.1 Å². The highest BCUT2D eigenvalue weighted by Gasteiger charge is 2.31. The maximum Gasteiger partial charge on any atom is 0.573 e. The van der Waals surface area contributed by atoms with Crippen molar-refractivity contribution in [2.45, 2.75) is 6.36 Å². The van der Waals surface area contributed by atoms with Crippen molar-refractivity contribution in [2.24, 2.45) is 0 Å². The molecule has 9 nitrogen and oxygen atoms in total. The zero-order valence-electron chi connectivity index (χ0n) is 17.2. The van der Waals surface area contributed by atoms with E-state index in [2.05, 4.69) is 30.1 Å². The fourth-order valence-corrected chi connectivity index (χ4v) is 3.58. The Bertz CT molecular complexity index is 914. The number of benzene rings is 1. The molecule has 1 aromatic carbocycles. The minimum absolute atomic E-state index is 0.309. The molecule has 2 aliphatic rings. The van der Waals surface area contributed by atoms with Gasteiger partial charge < -0.3 is 29.5 Å². The van der Waals surface area contributed by atoms with E-state index in [0.29, 0.717) is 45.1 Å². The van der Waals surface area contributed by atoms with Crippen LogP contribution in [0.15, 0.2) is 36.5 Å². The standard InChI is InChI=1S/C20H23F3N6O3/c21-20(22,23)32-17-3-1-15(2-4-17)25-19(30)29-7-5-27(6-8-29)16-13-18(26-24-14-16)28-9-11-31-12-10-28/h1-4,13-14H,5-12H2,(H,25,30). The van der Waals surface area contributed by atoms with Gasteiger partial charge in [0.05, 0.1) is 25.1 Å². The van der Waals surface area contributed by atoms with E-state index in [1.807, 2.05) is 6.07 Å². The molecule has 0 spiro atoms. The van der Waals surface area contributed by atoms with Gasteiger partial charge in [0.1, 0.15) is 5.75 Å². The third-order valence-corrected chi connectivity index (χ3v) is 5.23. The van der Waals surface area contributed by atoms with Gasteiger partial charge in [-0.15, -0.1) is 18.3 Å². The monoisotopic (exact) mass is 452 g/mol. The average molecular weight is 452 g/mol. The molecule has 2 saturated heterocycles. The molecule has 32 heavy (non-hydrogen) atoms. The van der Waals surface area contributed by atoms with Crippen LogP contribution in [-0.2, 0) is 4.74 Å². The van der Waals surface area contributed by atoms with Crippen LogP contribution in [0.4, 0.5) is 35.2 Å². The second kappa shape index (κ2) is 9.47. The fourth-order valence-electron chi connectivity index (χ4n) is 3.58. The van der Waals surface area contributed by atoms with Gasteiger partial charge in [0.15, 0.2) is 5.82 Å². The SMILES string of the molecule is O=C(Nc1ccc(OC(F)(F)F)cc1)N1CCN(c2cnnc(N3CCOCC3)c2)CC1. The number of carbonyl (C=O) groups is 1. The first-order chi connectivity index (χ1) is 15.4. The van der Waals surface area contributed by atoms with Crippen molar-refractivity contribution in [3.05, 3.63) is 36.5 Å². The van der Waals surface area contributed by atoms with E-state index < -0.39 is 6.36 Å². The summed E-state index contributed by atoms with van der Waals surface area (Å²) in [6.07, 6.45) is -3.04.